The standard InChI is InChI=1S/C24H20ClF2N3/c1-15(18-6-2-17(13-26)3-7-18)30-24-23-20(10-11-28-24)21(25)14-29-22(23)12-16-4-8-19(27)9-5-16/h2-11,14-15H,12-13H2,1H3,(H,28,30). The Morgan fingerprint density at radius 2 is 1.67 bits per heavy atom. The zero-order valence-electron chi connectivity index (χ0n) is 16.4. The largest absolute Gasteiger partial charge is 0.363 e. The van der Waals surface area contributed by atoms with Crippen LogP contribution in [0.25, 0.3) is 10.8 Å². The number of hydrogen-bond acceptors (Lipinski definition) is 3. The Balaban J connectivity index is 1.71. The summed E-state index contributed by atoms with van der Waals surface area (Å²) in [5, 5.41) is 5.66. The van der Waals surface area contributed by atoms with Crippen molar-refractivity contribution in [3.8, 4) is 0 Å². The van der Waals surface area contributed by atoms with E-state index in [0.717, 1.165) is 27.6 Å². The molecular formula is C24H20ClF2N3. The molecule has 0 fully saturated rings. The smallest absolute Gasteiger partial charge is 0.136 e. The molecule has 0 aliphatic rings. The minimum atomic E-state index is -0.482. The number of nitrogens with one attached hydrogen (secondary N) is 1. The fourth-order valence-electron chi connectivity index (χ4n) is 3.44. The molecule has 0 radical (unpaired) electrons. The molecular weight excluding hydrogens is 404 g/mol. The van der Waals surface area contributed by atoms with E-state index in [4.69, 9.17) is 11.6 Å². The molecule has 0 aliphatic heterocycles. The topological polar surface area (TPSA) is 37.8 Å². The lowest BCUT2D eigenvalue weighted by molar-refractivity contribution is 0.485. The molecule has 0 saturated carbocycles. The SMILES string of the molecule is CC(Nc1nccc2c(Cl)cnc(Cc3ccc(F)cc3)c12)c1ccc(CF)cc1. The van der Waals surface area contributed by atoms with Gasteiger partial charge in [0.1, 0.15) is 18.3 Å². The van der Waals surface area contributed by atoms with E-state index in [0.29, 0.717) is 22.8 Å². The number of pyridine rings is 2. The Hall–Kier alpha value is -3.05. The highest BCUT2D eigenvalue weighted by Crippen LogP contribution is 2.32. The van der Waals surface area contributed by atoms with Crippen LogP contribution in [-0.2, 0) is 13.1 Å². The summed E-state index contributed by atoms with van der Waals surface area (Å²) in [7, 11) is 0. The van der Waals surface area contributed by atoms with E-state index in [2.05, 4.69) is 15.3 Å². The summed E-state index contributed by atoms with van der Waals surface area (Å²) in [5.41, 5.74) is 3.40. The van der Waals surface area contributed by atoms with Crippen molar-refractivity contribution in [2.24, 2.45) is 0 Å². The Labute approximate surface area is 178 Å². The van der Waals surface area contributed by atoms with Gasteiger partial charge in [-0.2, -0.15) is 0 Å². The number of halogens is 3. The first-order chi connectivity index (χ1) is 14.5. The number of nitrogens with zero attached hydrogens (tertiary/aromatic N) is 2. The molecule has 0 spiro atoms. The van der Waals surface area contributed by atoms with Crippen molar-refractivity contribution in [2.75, 3.05) is 5.32 Å². The average molecular weight is 424 g/mol. The monoisotopic (exact) mass is 423 g/mol. The summed E-state index contributed by atoms with van der Waals surface area (Å²) in [6.07, 6.45) is 3.86. The molecule has 2 heterocycles. The predicted octanol–water partition coefficient (Wildman–Crippen LogP) is 6.66. The van der Waals surface area contributed by atoms with Crippen LogP contribution in [0.2, 0.25) is 5.02 Å². The van der Waals surface area contributed by atoms with Gasteiger partial charge in [0, 0.05) is 35.6 Å². The normalized spacial score (nSPS) is 12.1. The van der Waals surface area contributed by atoms with E-state index < -0.39 is 6.67 Å². The van der Waals surface area contributed by atoms with E-state index in [1.54, 1.807) is 36.7 Å². The fraction of sp³-hybridized carbons (Fsp3) is 0.167. The molecule has 1 unspecified atom stereocenters. The van der Waals surface area contributed by atoms with Crippen molar-refractivity contribution in [1.82, 2.24) is 9.97 Å². The number of anilines is 1. The highest BCUT2D eigenvalue weighted by molar-refractivity contribution is 6.35. The van der Waals surface area contributed by atoms with Gasteiger partial charge in [0.25, 0.3) is 0 Å². The quantitative estimate of drug-likeness (QED) is 0.377. The van der Waals surface area contributed by atoms with Gasteiger partial charge in [-0.1, -0.05) is 48.0 Å². The lowest BCUT2D eigenvalue weighted by atomic mass is 10.0. The van der Waals surface area contributed by atoms with Gasteiger partial charge < -0.3 is 5.32 Å². The Morgan fingerprint density at radius 1 is 0.967 bits per heavy atom. The maximum atomic E-state index is 13.3. The molecule has 0 saturated heterocycles. The van der Waals surface area contributed by atoms with E-state index in [-0.39, 0.29) is 11.9 Å². The van der Waals surface area contributed by atoms with Crippen molar-refractivity contribution in [1.29, 1.82) is 0 Å². The summed E-state index contributed by atoms with van der Waals surface area (Å²) < 4.78 is 26.1. The van der Waals surface area contributed by atoms with Crippen LogP contribution in [0.4, 0.5) is 14.6 Å². The Kier molecular flexibility index (Phi) is 5.91. The van der Waals surface area contributed by atoms with E-state index >= 15 is 0 Å². The van der Waals surface area contributed by atoms with Crippen LogP contribution in [-0.4, -0.2) is 9.97 Å². The Bertz CT molecular complexity index is 1160. The molecule has 2 aromatic heterocycles. The summed E-state index contributed by atoms with van der Waals surface area (Å²) in [6, 6.07) is 15.5. The molecule has 4 aromatic rings. The third-order valence-electron chi connectivity index (χ3n) is 5.10. The molecule has 4 rings (SSSR count). The van der Waals surface area contributed by atoms with Crippen LogP contribution < -0.4 is 5.32 Å². The molecule has 30 heavy (non-hydrogen) atoms. The molecule has 6 heteroatoms. The van der Waals surface area contributed by atoms with Gasteiger partial charge in [0.05, 0.1) is 10.7 Å². The predicted molar refractivity (Wildman–Crippen MR) is 117 cm³/mol. The first-order valence-electron chi connectivity index (χ1n) is 9.63. The first-order valence-corrected chi connectivity index (χ1v) is 10.0. The second-order valence-corrected chi connectivity index (χ2v) is 7.59. The molecule has 3 nitrogen and oxygen atoms in total. The third kappa shape index (κ3) is 4.26. The minimum absolute atomic E-state index is 0.0607. The number of alkyl halides is 1. The van der Waals surface area contributed by atoms with Crippen LogP contribution in [0.3, 0.4) is 0 Å². The second kappa shape index (κ2) is 8.76. The van der Waals surface area contributed by atoms with Gasteiger partial charge in [0.2, 0.25) is 0 Å². The van der Waals surface area contributed by atoms with Crippen LogP contribution in [0, 0.1) is 5.82 Å². The van der Waals surface area contributed by atoms with Gasteiger partial charge >= 0.3 is 0 Å². The van der Waals surface area contributed by atoms with Crippen molar-refractivity contribution in [2.45, 2.75) is 26.1 Å². The van der Waals surface area contributed by atoms with Gasteiger partial charge in [0.15, 0.2) is 0 Å². The summed E-state index contributed by atoms with van der Waals surface area (Å²) in [5.74, 6) is 0.394. The fourth-order valence-corrected chi connectivity index (χ4v) is 3.65. The zero-order chi connectivity index (χ0) is 21.1. The molecule has 0 bridgehead atoms. The van der Waals surface area contributed by atoms with Gasteiger partial charge in [-0.05, 0) is 41.8 Å². The van der Waals surface area contributed by atoms with Gasteiger partial charge in [-0.25, -0.2) is 13.8 Å². The molecule has 2 aromatic carbocycles. The minimum Gasteiger partial charge on any atom is -0.363 e. The van der Waals surface area contributed by atoms with Crippen molar-refractivity contribution in [3.63, 3.8) is 0 Å². The van der Waals surface area contributed by atoms with E-state index in [1.165, 1.54) is 12.1 Å². The molecule has 1 N–H and O–H groups in total. The molecule has 152 valence electrons. The zero-order valence-corrected chi connectivity index (χ0v) is 17.1. The lowest BCUT2D eigenvalue weighted by Crippen LogP contribution is -2.09. The molecule has 0 aliphatic carbocycles. The number of rotatable bonds is 6. The summed E-state index contributed by atoms with van der Waals surface area (Å²) >= 11 is 6.41. The average Bonchev–Trinajstić information content (AvgIpc) is 2.77. The summed E-state index contributed by atoms with van der Waals surface area (Å²) in [4.78, 5) is 9.07. The Morgan fingerprint density at radius 3 is 2.37 bits per heavy atom. The van der Waals surface area contributed by atoms with Crippen molar-refractivity contribution in [3.05, 3.63) is 100 Å². The van der Waals surface area contributed by atoms with Crippen molar-refractivity contribution < 1.29 is 8.78 Å². The first kappa shape index (κ1) is 20.2. The second-order valence-electron chi connectivity index (χ2n) is 7.18. The maximum absolute atomic E-state index is 13.3. The molecule has 1 atom stereocenters. The van der Waals surface area contributed by atoms with Gasteiger partial charge in [-0.3, -0.25) is 4.98 Å². The number of hydrogen-bond donors (Lipinski definition) is 1. The van der Waals surface area contributed by atoms with E-state index in [1.807, 2.05) is 25.1 Å². The highest BCUT2D eigenvalue weighted by atomic mass is 35.5. The van der Waals surface area contributed by atoms with Crippen LogP contribution in [0.1, 0.15) is 35.3 Å². The van der Waals surface area contributed by atoms with Crippen molar-refractivity contribution >= 4 is 28.2 Å². The highest BCUT2D eigenvalue weighted by Gasteiger charge is 2.15. The number of fused-ring (bicyclic) bond motifs is 1. The number of benzene rings is 2. The van der Waals surface area contributed by atoms with E-state index in [9.17, 15) is 8.78 Å². The third-order valence-corrected chi connectivity index (χ3v) is 5.40. The van der Waals surface area contributed by atoms with Gasteiger partial charge in [-0.15, -0.1) is 0 Å². The lowest BCUT2D eigenvalue weighted by Gasteiger charge is -2.18. The van der Waals surface area contributed by atoms with Crippen LogP contribution in [0.15, 0.2) is 67.0 Å². The number of aromatic nitrogens is 2. The van der Waals surface area contributed by atoms with Crippen LogP contribution in [0.5, 0.6) is 0 Å². The summed E-state index contributed by atoms with van der Waals surface area (Å²) in [6.45, 7) is 1.53. The molecule has 0 amide bonds. The van der Waals surface area contributed by atoms with Crippen LogP contribution >= 0.6 is 11.6 Å². The maximum Gasteiger partial charge on any atom is 0.136 e.